The predicted molar refractivity (Wildman–Crippen MR) is 81.8 cm³/mol. The van der Waals surface area contributed by atoms with E-state index in [0.717, 1.165) is 22.0 Å². The number of carbonyl (C=O) groups is 1. The molecule has 0 aliphatic heterocycles. The van der Waals surface area contributed by atoms with E-state index in [1.807, 2.05) is 19.9 Å². The summed E-state index contributed by atoms with van der Waals surface area (Å²) >= 11 is 1.69. The molecule has 20 heavy (non-hydrogen) atoms. The number of thiazole rings is 1. The maximum absolute atomic E-state index is 10.9. The molecule has 1 aromatic carbocycles. The Balaban J connectivity index is 2.22. The summed E-state index contributed by atoms with van der Waals surface area (Å²) in [4.78, 5) is 16.7. The second-order valence-corrected chi connectivity index (χ2v) is 6.28. The highest BCUT2D eigenvalue weighted by atomic mass is 32.1. The first-order chi connectivity index (χ1) is 9.38. The minimum absolute atomic E-state index is 0.0920. The maximum Gasteiger partial charge on any atom is 0.335 e. The molecule has 1 heterocycles. The first kappa shape index (κ1) is 14.5. The van der Waals surface area contributed by atoms with Crippen LogP contribution in [0.1, 0.15) is 44.5 Å². The number of aryl methyl sites for hydroxylation is 3. The fourth-order valence-corrected chi connectivity index (χ4v) is 3.12. The molecule has 0 saturated heterocycles. The standard InChI is InChI=1S/C15H18N2O2S/c1-8-7-12(15(18)19)5-6-13(8)16-9(2)14-10(3)20-11(4)17-14/h5-7,9,16H,1-4H3,(H,18,19). The van der Waals surface area contributed by atoms with Crippen molar-refractivity contribution in [3.8, 4) is 0 Å². The minimum atomic E-state index is -0.904. The average Bonchev–Trinajstić information content (AvgIpc) is 2.70. The van der Waals surface area contributed by atoms with Crippen LogP contribution in [0.3, 0.4) is 0 Å². The van der Waals surface area contributed by atoms with Gasteiger partial charge in [0.05, 0.1) is 22.3 Å². The van der Waals surface area contributed by atoms with Crippen LogP contribution < -0.4 is 5.32 Å². The van der Waals surface area contributed by atoms with Gasteiger partial charge in [0.2, 0.25) is 0 Å². The van der Waals surface area contributed by atoms with E-state index in [9.17, 15) is 4.79 Å². The monoisotopic (exact) mass is 290 g/mol. The van der Waals surface area contributed by atoms with Crippen molar-refractivity contribution in [2.45, 2.75) is 33.7 Å². The maximum atomic E-state index is 10.9. The smallest absolute Gasteiger partial charge is 0.335 e. The van der Waals surface area contributed by atoms with Crippen LogP contribution in [0.2, 0.25) is 0 Å². The van der Waals surface area contributed by atoms with E-state index < -0.39 is 5.97 Å². The van der Waals surface area contributed by atoms with Crippen LogP contribution in [-0.2, 0) is 0 Å². The number of rotatable bonds is 4. The van der Waals surface area contributed by atoms with Gasteiger partial charge in [-0.05, 0) is 51.5 Å². The minimum Gasteiger partial charge on any atom is -0.478 e. The van der Waals surface area contributed by atoms with E-state index in [-0.39, 0.29) is 6.04 Å². The van der Waals surface area contributed by atoms with Crippen molar-refractivity contribution in [3.63, 3.8) is 0 Å². The molecule has 0 spiro atoms. The number of carboxylic acids is 1. The Kier molecular flexibility index (Phi) is 4.09. The third-order valence-corrected chi connectivity index (χ3v) is 4.10. The molecule has 1 aromatic heterocycles. The van der Waals surface area contributed by atoms with Crippen molar-refractivity contribution >= 4 is 23.0 Å². The molecule has 106 valence electrons. The highest BCUT2D eigenvalue weighted by Gasteiger charge is 2.14. The van der Waals surface area contributed by atoms with Gasteiger partial charge in [-0.15, -0.1) is 11.3 Å². The van der Waals surface area contributed by atoms with Crippen LogP contribution >= 0.6 is 11.3 Å². The van der Waals surface area contributed by atoms with Crippen LogP contribution in [0.15, 0.2) is 18.2 Å². The lowest BCUT2D eigenvalue weighted by molar-refractivity contribution is 0.0697. The van der Waals surface area contributed by atoms with Crippen LogP contribution in [0.25, 0.3) is 0 Å². The lowest BCUT2D eigenvalue weighted by atomic mass is 10.1. The molecular formula is C15H18N2O2S. The largest absolute Gasteiger partial charge is 0.478 e. The first-order valence-electron chi connectivity index (χ1n) is 6.43. The summed E-state index contributed by atoms with van der Waals surface area (Å²) in [5.41, 5.74) is 3.21. The number of hydrogen-bond donors (Lipinski definition) is 2. The molecule has 5 heteroatoms. The van der Waals surface area contributed by atoms with Gasteiger partial charge in [0.1, 0.15) is 0 Å². The Morgan fingerprint density at radius 2 is 2.05 bits per heavy atom. The molecule has 4 nitrogen and oxygen atoms in total. The molecule has 0 saturated carbocycles. The van der Waals surface area contributed by atoms with Crippen molar-refractivity contribution in [1.29, 1.82) is 0 Å². The summed E-state index contributed by atoms with van der Waals surface area (Å²) in [5.74, 6) is -0.904. The van der Waals surface area contributed by atoms with Crippen LogP contribution in [-0.4, -0.2) is 16.1 Å². The number of aromatic nitrogens is 1. The molecule has 0 amide bonds. The number of nitrogens with zero attached hydrogens (tertiary/aromatic N) is 1. The van der Waals surface area contributed by atoms with E-state index in [1.165, 1.54) is 4.88 Å². The van der Waals surface area contributed by atoms with Crippen molar-refractivity contribution in [3.05, 3.63) is 44.9 Å². The van der Waals surface area contributed by atoms with Crippen molar-refractivity contribution in [1.82, 2.24) is 4.98 Å². The van der Waals surface area contributed by atoms with E-state index in [4.69, 9.17) is 5.11 Å². The van der Waals surface area contributed by atoms with Gasteiger partial charge in [0, 0.05) is 10.6 Å². The van der Waals surface area contributed by atoms with Gasteiger partial charge in [-0.1, -0.05) is 0 Å². The lowest BCUT2D eigenvalue weighted by Gasteiger charge is -2.16. The predicted octanol–water partition coefficient (Wildman–Crippen LogP) is 3.94. The summed E-state index contributed by atoms with van der Waals surface area (Å²) in [7, 11) is 0. The second kappa shape index (κ2) is 5.63. The van der Waals surface area contributed by atoms with Crippen molar-refractivity contribution in [2.24, 2.45) is 0 Å². The van der Waals surface area contributed by atoms with E-state index in [2.05, 4.69) is 24.1 Å². The third-order valence-electron chi connectivity index (χ3n) is 3.19. The number of hydrogen-bond acceptors (Lipinski definition) is 4. The number of anilines is 1. The molecule has 2 aromatic rings. The molecular weight excluding hydrogens is 272 g/mol. The molecule has 2 N–H and O–H groups in total. The molecule has 0 aliphatic rings. The fraction of sp³-hybridized carbons (Fsp3) is 0.333. The van der Waals surface area contributed by atoms with E-state index >= 15 is 0 Å². The highest BCUT2D eigenvalue weighted by Crippen LogP contribution is 2.27. The average molecular weight is 290 g/mol. The van der Waals surface area contributed by atoms with Gasteiger partial charge in [0.25, 0.3) is 0 Å². The zero-order valence-electron chi connectivity index (χ0n) is 12.0. The van der Waals surface area contributed by atoms with Crippen molar-refractivity contribution in [2.75, 3.05) is 5.32 Å². The Morgan fingerprint density at radius 3 is 2.55 bits per heavy atom. The number of benzene rings is 1. The van der Waals surface area contributed by atoms with E-state index in [1.54, 1.807) is 23.5 Å². The number of carboxylic acid groups (broad SMARTS) is 1. The Hall–Kier alpha value is -1.88. The normalized spacial score (nSPS) is 12.2. The van der Waals surface area contributed by atoms with Gasteiger partial charge in [-0.25, -0.2) is 9.78 Å². The molecule has 0 bridgehead atoms. The zero-order chi connectivity index (χ0) is 14.9. The molecule has 0 radical (unpaired) electrons. The van der Waals surface area contributed by atoms with Crippen LogP contribution in [0.4, 0.5) is 5.69 Å². The Bertz CT molecular complexity index is 649. The van der Waals surface area contributed by atoms with Crippen LogP contribution in [0.5, 0.6) is 0 Å². The van der Waals surface area contributed by atoms with Gasteiger partial charge >= 0.3 is 5.97 Å². The van der Waals surface area contributed by atoms with Crippen LogP contribution in [0, 0.1) is 20.8 Å². The summed E-state index contributed by atoms with van der Waals surface area (Å²) in [6, 6.07) is 5.19. The molecule has 1 atom stereocenters. The quantitative estimate of drug-likeness (QED) is 0.895. The lowest BCUT2D eigenvalue weighted by Crippen LogP contribution is -2.10. The van der Waals surface area contributed by atoms with Gasteiger partial charge in [-0.3, -0.25) is 0 Å². The Morgan fingerprint density at radius 1 is 1.35 bits per heavy atom. The molecule has 2 rings (SSSR count). The zero-order valence-corrected chi connectivity index (χ0v) is 12.8. The SMILES string of the molecule is Cc1nc(C(C)Nc2ccc(C(=O)O)cc2C)c(C)s1. The molecule has 1 unspecified atom stereocenters. The number of nitrogens with one attached hydrogen (secondary N) is 1. The summed E-state index contributed by atoms with van der Waals surface area (Å²) in [5, 5.41) is 13.4. The van der Waals surface area contributed by atoms with Crippen molar-refractivity contribution < 1.29 is 9.90 Å². The summed E-state index contributed by atoms with van der Waals surface area (Å²) < 4.78 is 0. The molecule has 0 fully saturated rings. The van der Waals surface area contributed by atoms with Gasteiger partial charge in [0.15, 0.2) is 0 Å². The highest BCUT2D eigenvalue weighted by molar-refractivity contribution is 7.11. The number of aromatic carboxylic acids is 1. The topological polar surface area (TPSA) is 62.2 Å². The second-order valence-electron chi connectivity index (χ2n) is 4.88. The van der Waals surface area contributed by atoms with Gasteiger partial charge < -0.3 is 10.4 Å². The fourth-order valence-electron chi connectivity index (χ4n) is 2.21. The third kappa shape index (κ3) is 2.99. The van der Waals surface area contributed by atoms with Gasteiger partial charge in [-0.2, -0.15) is 0 Å². The molecule has 0 aliphatic carbocycles. The Labute approximate surface area is 122 Å². The summed E-state index contributed by atoms with van der Waals surface area (Å²) in [6.07, 6.45) is 0. The van der Waals surface area contributed by atoms with E-state index in [0.29, 0.717) is 5.56 Å². The first-order valence-corrected chi connectivity index (χ1v) is 7.24. The summed E-state index contributed by atoms with van der Waals surface area (Å²) in [6.45, 7) is 8.03.